The molecule has 4 heteroatoms. The van der Waals surface area contributed by atoms with Crippen molar-refractivity contribution in [1.29, 1.82) is 5.26 Å². The first-order valence-corrected chi connectivity index (χ1v) is 7.88. The van der Waals surface area contributed by atoms with Gasteiger partial charge in [-0.2, -0.15) is 0 Å². The van der Waals surface area contributed by atoms with Gasteiger partial charge in [0.2, 0.25) is 0 Å². The zero-order chi connectivity index (χ0) is 12.2. The molecule has 1 amide bonds. The summed E-state index contributed by atoms with van der Waals surface area (Å²) >= 11 is 0.112. The van der Waals surface area contributed by atoms with Crippen LogP contribution in [-0.2, 0) is 4.79 Å². The summed E-state index contributed by atoms with van der Waals surface area (Å²) in [6.45, 7) is 2.19. The number of rotatable bonds is 10. The number of primary amides is 1. The van der Waals surface area contributed by atoms with E-state index in [4.69, 9.17) is 11.0 Å². The molecular formula is C12H22N2OSe. The molecule has 0 saturated carbocycles. The second kappa shape index (κ2) is 11.0. The normalized spacial score (nSPS) is 12.0. The summed E-state index contributed by atoms with van der Waals surface area (Å²) in [5, 5.41) is 8.74. The molecule has 0 aromatic rings. The fraction of sp³-hybridized carbons (Fsp3) is 0.833. The van der Waals surface area contributed by atoms with Gasteiger partial charge >= 0.3 is 105 Å². The van der Waals surface area contributed by atoms with Crippen molar-refractivity contribution in [2.24, 2.45) is 5.73 Å². The van der Waals surface area contributed by atoms with Crippen molar-refractivity contribution >= 4 is 20.9 Å². The van der Waals surface area contributed by atoms with E-state index in [0.717, 1.165) is 19.3 Å². The van der Waals surface area contributed by atoms with Crippen LogP contribution in [0.3, 0.4) is 0 Å². The molecule has 0 heterocycles. The van der Waals surface area contributed by atoms with Crippen LogP contribution in [0.1, 0.15) is 58.3 Å². The van der Waals surface area contributed by atoms with Crippen LogP contribution in [0.4, 0.5) is 0 Å². The van der Waals surface area contributed by atoms with Crippen LogP contribution >= 0.6 is 0 Å². The number of hydrogen-bond acceptors (Lipinski definition) is 2. The summed E-state index contributed by atoms with van der Waals surface area (Å²) in [5.74, 6) is -0.215. The van der Waals surface area contributed by atoms with E-state index < -0.39 is 0 Å². The van der Waals surface area contributed by atoms with Gasteiger partial charge in [0.15, 0.2) is 0 Å². The number of amides is 1. The maximum atomic E-state index is 10.6. The number of nitriles is 1. The van der Waals surface area contributed by atoms with Gasteiger partial charge in [0.1, 0.15) is 0 Å². The predicted molar refractivity (Wildman–Crippen MR) is 66.9 cm³/mol. The molecule has 0 rings (SSSR count). The third-order valence-corrected chi connectivity index (χ3v) is 4.46. The second-order valence-electron chi connectivity index (χ2n) is 4.04. The number of unbranched alkanes of at least 4 members (excludes halogenated alkanes) is 3. The summed E-state index contributed by atoms with van der Waals surface area (Å²) in [5.41, 5.74) is 5.08. The molecule has 0 aliphatic rings. The topological polar surface area (TPSA) is 66.9 Å². The molecule has 0 bridgehead atoms. The Hall–Kier alpha value is -0.521. The van der Waals surface area contributed by atoms with Crippen molar-refractivity contribution in [3.63, 3.8) is 0 Å². The molecule has 0 fully saturated rings. The minimum atomic E-state index is -0.215. The molecule has 3 nitrogen and oxygen atoms in total. The Labute approximate surface area is 105 Å². The van der Waals surface area contributed by atoms with Crippen molar-refractivity contribution in [3.05, 3.63) is 0 Å². The van der Waals surface area contributed by atoms with Crippen molar-refractivity contribution < 1.29 is 4.79 Å². The molecule has 92 valence electrons. The van der Waals surface area contributed by atoms with E-state index in [0.29, 0.717) is 11.2 Å². The average Bonchev–Trinajstić information content (AvgIpc) is 2.24. The molecule has 0 aliphatic carbocycles. The molecule has 0 spiro atoms. The van der Waals surface area contributed by atoms with E-state index in [1.165, 1.54) is 25.7 Å². The van der Waals surface area contributed by atoms with Gasteiger partial charge in [0.25, 0.3) is 0 Å². The molecule has 1 atom stereocenters. The summed E-state index contributed by atoms with van der Waals surface area (Å²) in [6.07, 6.45) is 8.39. The quantitative estimate of drug-likeness (QED) is 0.496. The van der Waals surface area contributed by atoms with Crippen LogP contribution in [-0.4, -0.2) is 20.9 Å². The van der Waals surface area contributed by atoms with E-state index in [-0.39, 0.29) is 20.9 Å². The molecule has 0 saturated heterocycles. The van der Waals surface area contributed by atoms with Gasteiger partial charge in [0.05, 0.1) is 0 Å². The Morgan fingerprint density at radius 1 is 1.31 bits per heavy atom. The Kier molecular flexibility index (Phi) is 10.6. The Morgan fingerprint density at radius 3 is 2.44 bits per heavy atom. The summed E-state index contributed by atoms with van der Waals surface area (Å²) in [6, 6.07) is 0. The first-order chi connectivity index (χ1) is 7.70. The predicted octanol–water partition coefficient (Wildman–Crippen LogP) is 2.59. The van der Waals surface area contributed by atoms with Gasteiger partial charge in [-0.15, -0.1) is 0 Å². The molecule has 0 aliphatic heterocycles. The first-order valence-electron chi connectivity index (χ1n) is 6.03. The summed E-state index contributed by atoms with van der Waals surface area (Å²) < 4.78 is 0. The van der Waals surface area contributed by atoms with Gasteiger partial charge in [-0.25, -0.2) is 0 Å². The number of hydrogen-bond donors (Lipinski definition) is 1. The molecule has 0 aromatic carbocycles. The molecule has 16 heavy (non-hydrogen) atoms. The van der Waals surface area contributed by atoms with Gasteiger partial charge in [-0.3, -0.25) is 0 Å². The van der Waals surface area contributed by atoms with Crippen molar-refractivity contribution in [2.75, 3.05) is 0 Å². The maximum absolute atomic E-state index is 10.6. The van der Waals surface area contributed by atoms with Crippen LogP contribution in [0.5, 0.6) is 0 Å². The third kappa shape index (κ3) is 10.0. The van der Waals surface area contributed by atoms with E-state index in [2.05, 4.69) is 11.9 Å². The molecular weight excluding hydrogens is 267 g/mol. The molecule has 0 radical (unpaired) electrons. The van der Waals surface area contributed by atoms with Gasteiger partial charge in [-0.1, -0.05) is 0 Å². The Bertz CT molecular complexity index is 226. The summed E-state index contributed by atoms with van der Waals surface area (Å²) in [4.78, 5) is 13.5. The molecule has 1 unspecified atom stereocenters. The fourth-order valence-electron chi connectivity index (χ4n) is 1.63. The number of nitrogens with zero attached hydrogens (tertiary/aromatic N) is 1. The van der Waals surface area contributed by atoms with E-state index in [1.807, 2.05) is 0 Å². The zero-order valence-corrected chi connectivity index (χ0v) is 11.8. The van der Waals surface area contributed by atoms with Crippen molar-refractivity contribution in [3.8, 4) is 4.97 Å². The fourth-order valence-corrected chi connectivity index (χ4v) is 3.14. The van der Waals surface area contributed by atoms with Crippen LogP contribution < -0.4 is 5.73 Å². The van der Waals surface area contributed by atoms with Crippen LogP contribution in [0.2, 0.25) is 4.82 Å². The molecule has 0 aromatic heterocycles. The average molecular weight is 289 g/mol. The zero-order valence-electron chi connectivity index (χ0n) is 10.1. The van der Waals surface area contributed by atoms with Gasteiger partial charge in [-0.05, 0) is 0 Å². The van der Waals surface area contributed by atoms with E-state index in [9.17, 15) is 4.79 Å². The van der Waals surface area contributed by atoms with Crippen molar-refractivity contribution in [1.82, 2.24) is 0 Å². The second-order valence-corrected chi connectivity index (χ2v) is 6.32. The minimum absolute atomic E-state index is 0.112. The van der Waals surface area contributed by atoms with Crippen LogP contribution in [0, 0.1) is 10.2 Å². The Balaban J connectivity index is 3.59. The number of carbonyl (C=O) groups is 1. The van der Waals surface area contributed by atoms with Gasteiger partial charge in [0, 0.05) is 0 Å². The summed E-state index contributed by atoms with van der Waals surface area (Å²) in [7, 11) is 0. The van der Waals surface area contributed by atoms with Crippen molar-refractivity contribution in [2.45, 2.75) is 63.1 Å². The monoisotopic (exact) mass is 290 g/mol. The molecule has 2 N–H and O–H groups in total. The standard InChI is InChI=1S/C12H22N2OSe/c1-2-3-4-7-11(16-10-13)8-5-6-9-12(14)15/h11H,2-9H2,1H3,(H2,14,15). The van der Waals surface area contributed by atoms with Crippen LogP contribution in [0.15, 0.2) is 0 Å². The third-order valence-electron chi connectivity index (χ3n) is 2.55. The number of nitrogens with two attached hydrogens (primary N) is 1. The first kappa shape index (κ1) is 15.5. The van der Waals surface area contributed by atoms with Gasteiger partial charge < -0.3 is 0 Å². The Morgan fingerprint density at radius 2 is 1.94 bits per heavy atom. The number of carbonyl (C=O) groups excluding carboxylic acids is 1. The van der Waals surface area contributed by atoms with Crippen LogP contribution in [0.25, 0.3) is 0 Å². The van der Waals surface area contributed by atoms with E-state index in [1.54, 1.807) is 0 Å². The SMILES string of the molecule is CCCCCC(CCCCC(N)=O)[Se]C#N. The van der Waals surface area contributed by atoms with E-state index >= 15 is 0 Å².